The Hall–Kier alpha value is -1.94. The summed E-state index contributed by atoms with van der Waals surface area (Å²) in [5.74, 6) is 1.56. The average Bonchev–Trinajstić information content (AvgIpc) is 2.94. The van der Waals surface area contributed by atoms with Crippen molar-refractivity contribution in [1.82, 2.24) is 9.55 Å². The van der Waals surface area contributed by atoms with E-state index in [4.69, 9.17) is 9.47 Å². The van der Waals surface area contributed by atoms with Gasteiger partial charge in [0, 0.05) is 18.9 Å². The van der Waals surface area contributed by atoms with Gasteiger partial charge in [0.2, 0.25) is 0 Å². The number of halogens is 1. The fourth-order valence-corrected chi connectivity index (χ4v) is 1.64. The molecule has 0 unspecified atom stereocenters. The maximum absolute atomic E-state index is 5.67. The molecule has 2 aromatic rings. The molecule has 0 fully saturated rings. The monoisotopic (exact) mass is 294 g/mol. The van der Waals surface area contributed by atoms with Crippen LogP contribution in [0, 0.1) is 0 Å². The molecule has 0 bridgehead atoms. The zero-order valence-electron chi connectivity index (χ0n) is 11.4. The van der Waals surface area contributed by atoms with Crippen molar-refractivity contribution in [2.45, 2.75) is 13.5 Å². The van der Waals surface area contributed by atoms with Crippen molar-refractivity contribution in [3.8, 4) is 11.5 Å². The number of nitrogens with zero attached hydrogens (tertiary/aromatic N) is 2. The molecule has 1 aromatic heterocycles. The van der Waals surface area contributed by atoms with Crippen LogP contribution in [0.3, 0.4) is 0 Å². The van der Waals surface area contributed by atoms with Crippen LogP contribution >= 0.6 is 12.4 Å². The van der Waals surface area contributed by atoms with Crippen LogP contribution in [0.5, 0.6) is 11.5 Å². The molecule has 0 aliphatic heterocycles. The van der Waals surface area contributed by atoms with Gasteiger partial charge in [0.05, 0.1) is 12.9 Å². The summed E-state index contributed by atoms with van der Waals surface area (Å²) in [6, 6.07) is 7.70. The second-order valence-electron chi connectivity index (χ2n) is 3.92. The second-order valence-corrected chi connectivity index (χ2v) is 3.92. The van der Waals surface area contributed by atoms with Gasteiger partial charge in [-0.3, -0.25) is 0 Å². The molecule has 0 radical (unpaired) electrons. The third-order valence-corrected chi connectivity index (χ3v) is 2.53. The molecule has 1 heterocycles. The van der Waals surface area contributed by atoms with E-state index in [1.165, 1.54) is 0 Å². The van der Waals surface area contributed by atoms with Crippen LogP contribution in [-0.2, 0) is 6.54 Å². The zero-order chi connectivity index (χ0) is 13.3. The highest BCUT2D eigenvalue weighted by Crippen LogP contribution is 2.26. The van der Waals surface area contributed by atoms with E-state index in [2.05, 4.69) is 4.98 Å². The van der Waals surface area contributed by atoms with E-state index < -0.39 is 0 Å². The van der Waals surface area contributed by atoms with Gasteiger partial charge in [-0.2, -0.15) is 0 Å². The minimum absolute atomic E-state index is 0. The van der Waals surface area contributed by atoms with Gasteiger partial charge >= 0.3 is 0 Å². The number of hydrogen-bond donors (Lipinski definition) is 0. The Morgan fingerprint density at radius 1 is 1.15 bits per heavy atom. The first-order valence-corrected chi connectivity index (χ1v) is 6.35. The van der Waals surface area contributed by atoms with Crippen molar-refractivity contribution in [3.05, 3.63) is 55.1 Å². The number of aromatic nitrogens is 2. The summed E-state index contributed by atoms with van der Waals surface area (Å²) in [6.45, 7) is 3.92. The van der Waals surface area contributed by atoms with Gasteiger partial charge in [-0.1, -0.05) is 18.2 Å². The fraction of sp³-hybridized carbons (Fsp3) is 0.267. The summed E-state index contributed by atoms with van der Waals surface area (Å²) in [6.07, 6.45) is 9.52. The number of hydrogen-bond acceptors (Lipinski definition) is 3. The zero-order valence-corrected chi connectivity index (χ0v) is 12.3. The van der Waals surface area contributed by atoms with E-state index in [9.17, 15) is 0 Å². The summed E-state index contributed by atoms with van der Waals surface area (Å²) in [7, 11) is 0. The van der Waals surface area contributed by atoms with Crippen molar-refractivity contribution in [1.29, 1.82) is 0 Å². The normalized spacial score (nSPS) is 10.2. The van der Waals surface area contributed by atoms with Crippen molar-refractivity contribution in [3.63, 3.8) is 0 Å². The third-order valence-electron chi connectivity index (χ3n) is 2.53. The van der Waals surface area contributed by atoms with Crippen LogP contribution in [0.15, 0.2) is 55.1 Å². The maximum atomic E-state index is 5.67. The molecule has 0 spiro atoms. The number of ether oxygens (including phenoxy) is 2. The molecular weight excluding hydrogens is 276 g/mol. The van der Waals surface area contributed by atoms with Crippen LogP contribution < -0.4 is 9.47 Å². The van der Waals surface area contributed by atoms with Crippen molar-refractivity contribution in [2.24, 2.45) is 0 Å². The highest BCUT2D eigenvalue weighted by atomic mass is 35.5. The van der Waals surface area contributed by atoms with Crippen molar-refractivity contribution in [2.75, 3.05) is 13.2 Å². The minimum atomic E-state index is 0. The summed E-state index contributed by atoms with van der Waals surface area (Å²) < 4.78 is 13.2. The topological polar surface area (TPSA) is 36.3 Å². The number of allylic oxidation sites excluding steroid dienone is 1. The first-order chi connectivity index (χ1) is 9.40. The number of para-hydroxylation sites is 2. The Morgan fingerprint density at radius 2 is 1.90 bits per heavy atom. The van der Waals surface area contributed by atoms with E-state index in [-0.39, 0.29) is 12.4 Å². The van der Waals surface area contributed by atoms with Gasteiger partial charge in [0.15, 0.2) is 11.5 Å². The molecule has 20 heavy (non-hydrogen) atoms. The Kier molecular flexibility index (Phi) is 7.29. The van der Waals surface area contributed by atoms with Crippen molar-refractivity contribution >= 4 is 12.4 Å². The maximum Gasteiger partial charge on any atom is 0.161 e. The first-order valence-electron chi connectivity index (χ1n) is 6.35. The first kappa shape index (κ1) is 16.1. The molecule has 4 nitrogen and oxygen atoms in total. The largest absolute Gasteiger partial charge is 0.490 e. The fourth-order valence-electron chi connectivity index (χ4n) is 1.64. The number of rotatable bonds is 7. The molecule has 0 saturated heterocycles. The average molecular weight is 295 g/mol. The molecule has 0 amide bonds. The summed E-state index contributed by atoms with van der Waals surface area (Å²) in [4.78, 5) is 3.98. The molecule has 0 N–H and O–H groups in total. The lowest BCUT2D eigenvalue weighted by Gasteiger charge is -2.09. The van der Waals surface area contributed by atoms with Crippen LogP contribution in [-0.4, -0.2) is 22.8 Å². The molecule has 5 heteroatoms. The summed E-state index contributed by atoms with van der Waals surface area (Å²) in [5.41, 5.74) is 0. The molecule has 108 valence electrons. The SMILES string of the molecule is CCOc1ccccc1OC/C=C/Cn1ccnc1.Cl. The third kappa shape index (κ3) is 4.97. The number of benzene rings is 1. The summed E-state index contributed by atoms with van der Waals surface area (Å²) in [5, 5.41) is 0. The van der Waals surface area contributed by atoms with Gasteiger partial charge in [0.25, 0.3) is 0 Å². The Labute approximate surface area is 125 Å². The molecular formula is C15H19ClN2O2. The van der Waals surface area contributed by atoms with Gasteiger partial charge in [-0.25, -0.2) is 4.98 Å². The quantitative estimate of drug-likeness (QED) is 0.735. The van der Waals surface area contributed by atoms with Gasteiger partial charge in [-0.15, -0.1) is 12.4 Å². The van der Waals surface area contributed by atoms with E-state index >= 15 is 0 Å². The van der Waals surface area contributed by atoms with Gasteiger partial charge in [-0.05, 0) is 25.1 Å². The molecule has 2 rings (SSSR count). The lowest BCUT2D eigenvalue weighted by molar-refractivity contribution is 0.296. The molecule has 1 aromatic carbocycles. The predicted molar refractivity (Wildman–Crippen MR) is 81.7 cm³/mol. The Bertz CT molecular complexity index is 512. The Balaban J connectivity index is 0.00000200. The van der Waals surface area contributed by atoms with Crippen LogP contribution in [0.2, 0.25) is 0 Å². The van der Waals surface area contributed by atoms with E-state index in [0.717, 1.165) is 18.0 Å². The van der Waals surface area contributed by atoms with E-state index in [0.29, 0.717) is 13.2 Å². The summed E-state index contributed by atoms with van der Waals surface area (Å²) >= 11 is 0. The van der Waals surface area contributed by atoms with Crippen LogP contribution in [0.4, 0.5) is 0 Å². The highest BCUT2D eigenvalue weighted by molar-refractivity contribution is 5.85. The second kappa shape index (κ2) is 9.04. The van der Waals surface area contributed by atoms with Gasteiger partial charge in [0.1, 0.15) is 6.61 Å². The van der Waals surface area contributed by atoms with Crippen LogP contribution in [0.1, 0.15) is 6.92 Å². The van der Waals surface area contributed by atoms with Crippen LogP contribution in [0.25, 0.3) is 0 Å². The standard InChI is InChI=1S/C15H18N2O2.ClH/c1-2-18-14-7-3-4-8-15(14)19-12-6-5-10-17-11-9-16-13-17;/h3-9,11,13H,2,10,12H2,1H3;1H/b6-5+;. The molecule has 0 aliphatic carbocycles. The number of imidazole rings is 1. The highest BCUT2D eigenvalue weighted by Gasteiger charge is 2.01. The van der Waals surface area contributed by atoms with Gasteiger partial charge < -0.3 is 14.0 Å². The van der Waals surface area contributed by atoms with E-state index in [1.807, 2.05) is 54.1 Å². The van der Waals surface area contributed by atoms with E-state index in [1.54, 1.807) is 12.5 Å². The lowest BCUT2D eigenvalue weighted by atomic mass is 10.3. The molecule has 0 aliphatic rings. The smallest absolute Gasteiger partial charge is 0.161 e. The minimum Gasteiger partial charge on any atom is -0.490 e. The Morgan fingerprint density at radius 3 is 2.55 bits per heavy atom. The molecule has 0 saturated carbocycles. The predicted octanol–water partition coefficient (Wildman–Crippen LogP) is 3.34. The lowest BCUT2D eigenvalue weighted by Crippen LogP contribution is -1.99. The van der Waals surface area contributed by atoms with Crippen molar-refractivity contribution < 1.29 is 9.47 Å². The molecule has 0 atom stereocenters.